The van der Waals surface area contributed by atoms with Crippen molar-refractivity contribution in [3.8, 4) is 10.4 Å². The van der Waals surface area contributed by atoms with E-state index >= 15 is 0 Å². The average molecular weight is 526 g/mol. The standard InChI is InChI=1S/C24H26Cl2NO4PS/c1-5-31-32(30,20-11-10-17(25)12-18(20)26)27-19-13-21(33-22(19)23(28)29)16-8-6-15(7-9-16)14-24(2,3)4/h6-13H,5,14H2,1-4H3,(H,27,30)(H,28,29). The first-order chi connectivity index (χ1) is 15.4. The molecule has 0 bridgehead atoms. The summed E-state index contributed by atoms with van der Waals surface area (Å²) < 4.78 is 19.3. The SMILES string of the molecule is CCOP(=O)(Nc1cc(-c2ccc(CC(C)(C)C)cc2)sc1C(=O)O)c1ccc(Cl)cc1Cl. The van der Waals surface area contributed by atoms with Crippen molar-refractivity contribution in [1.82, 2.24) is 0 Å². The summed E-state index contributed by atoms with van der Waals surface area (Å²) in [7, 11) is -3.72. The van der Waals surface area contributed by atoms with Crippen molar-refractivity contribution >= 4 is 59.0 Å². The van der Waals surface area contributed by atoms with Crippen LogP contribution in [0, 0.1) is 5.41 Å². The highest BCUT2D eigenvalue weighted by molar-refractivity contribution is 7.68. The average Bonchev–Trinajstić information content (AvgIpc) is 3.11. The topological polar surface area (TPSA) is 75.6 Å². The second-order valence-corrected chi connectivity index (χ2v) is 12.7. The summed E-state index contributed by atoms with van der Waals surface area (Å²) in [6.45, 7) is 8.38. The summed E-state index contributed by atoms with van der Waals surface area (Å²) in [6, 6.07) is 14.3. The molecular weight excluding hydrogens is 500 g/mol. The van der Waals surface area contributed by atoms with Gasteiger partial charge in [0.05, 0.1) is 22.6 Å². The predicted octanol–water partition coefficient (Wildman–Crippen LogP) is 7.98. The van der Waals surface area contributed by atoms with E-state index in [1.807, 2.05) is 24.3 Å². The predicted molar refractivity (Wildman–Crippen MR) is 139 cm³/mol. The molecule has 5 nitrogen and oxygen atoms in total. The molecule has 1 unspecified atom stereocenters. The molecule has 0 fully saturated rings. The summed E-state index contributed by atoms with van der Waals surface area (Å²) >= 11 is 13.4. The van der Waals surface area contributed by atoms with Crippen molar-refractivity contribution in [2.75, 3.05) is 11.7 Å². The quantitative estimate of drug-likeness (QED) is 0.291. The number of halogens is 2. The smallest absolute Gasteiger partial charge is 0.348 e. The summed E-state index contributed by atoms with van der Waals surface area (Å²) in [4.78, 5) is 12.7. The van der Waals surface area contributed by atoms with Crippen LogP contribution in [0.4, 0.5) is 5.69 Å². The molecule has 3 aromatic rings. The molecule has 0 aliphatic rings. The lowest BCUT2D eigenvalue weighted by Crippen LogP contribution is -2.16. The van der Waals surface area contributed by atoms with Crippen LogP contribution < -0.4 is 10.4 Å². The second kappa shape index (κ2) is 10.2. The van der Waals surface area contributed by atoms with Crippen LogP contribution >= 0.6 is 42.1 Å². The highest BCUT2D eigenvalue weighted by atomic mass is 35.5. The number of hydrogen-bond donors (Lipinski definition) is 2. The van der Waals surface area contributed by atoms with Gasteiger partial charge in [0.2, 0.25) is 0 Å². The summed E-state index contributed by atoms with van der Waals surface area (Å²) in [5.74, 6) is -1.12. The van der Waals surface area contributed by atoms with Gasteiger partial charge >= 0.3 is 13.5 Å². The zero-order chi connectivity index (χ0) is 24.4. The van der Waals surface area contributed by atoms with Gasteiger partial charge in [0, 0.05) is 9.90 Å². The highest BCUT2D eigenvalue weighted by Gasteiger charge is 2.31. The fourth-order valence-electron chi connectivity index (χ4n) is 3.40. The number of aromatic carboxylic acids is 1. The lowest BCUT2D eigenvalue weighted by Gasteiger charge is -2.21. The minimum atomic E-state index is -3.72. The van der Waals surface area contributed by atoms with Crippen LogP contribution in [0.3, 0.4) is 0 Å². The number of hydrogen-bond acceptors (Lipinski definition) is 4. The van der Waals surface area contributed by atoms with Gasteiger partial charge in [-0.2, -0.15) is 0 Å². The van der Waals surface area contributed by atoms with Crippen molar-refractivity contribution in [3.63, 3.8) is 0 Å². The van der Waals surface area contributed by atoms with E-state index in [4.69, 9.17) is 27.7 Å². The lowest BCUT2D eigenvalue weighted by atomic mass is 9.88. The molecule has 0 aliphatic carbocycles. The van der Waals surface area contributed by atoms with E-state index in [2.05, 4.69) is 25.9 Å². The van der Waals surface area contributed by atoms with E-state index < -0.39 is 13.5 Å². The Labute approximate surface area is 208 Å². The molecule has 0 radical (unpaired) electrons. The fraction of sp³-hybridized carbons (Fsp3) is 0.292. The first-order valence-electron chi connectivity index (χ1n) is 10.4. The molecule has 176 valence electrons. The van der Waals surface area contributed by atoms with Gasteiger partial charge in [-0.05, 0) is 54.2 Å². The lowest BCUT2D eigenvalue weighted by molar-refractivity contribution is 0.0703. The van der Waals surface area contributed by atoms with E-state index in [1.54, 1.807) is 19.1 Å². The summed E-state index contributed by atoms with van der Waals surface area (Å²) in [5.41, 5.74) is 2.47. The van der Waals surface area contributed by atoms with Crippen molar-refractivity contribution < 1.29 is 19.0 Å². The Bertz CT molecular complexity index is 1200. The minimum Gasteiger partial charge on any atom is -0.477 e. The number of nitrogens with one attached hydrogen (secondary N) is 1. The van der Waals surface area contributed by atoms with E-state index in [1.165, 1.54) is 17.7 Å². The Morgan fingerprint density at radius 1 is 1.12 bits per heavy atom. The minimum absolute atomic E-state index is 0.0359. The van der Waals surface area contributed by atoms with Crippen LogP contribution in [-0.2, 0) is 15.5 Å². The highest BCUT2D eigenvalue weighted by Crippen LogP contribution is 2.50. The van der Waals surface area contributed by atoms with Gasteiger partial charge in [0.1, 0.15) is 4.88 Å². The number of carbonyl (C=O) groups is 1. The molecule has 0 amide bonds. The van der Waals surface area contributed by atoms with Crippen LogP contribution in [0.2, 0.25) is 10.0 Å². The van der Waals surface area contributed by atoms with Crippen LogP contribution in [0.5, 0.6) is 0 Å². The molecule has 33 heavy (non-hydrogen) atoms. The second-order valence-electron chi connectivity index (χ2n) is 8.77. The molecule has 3 rings (SSSR count). The van der Waals surface area contributed by atoms with Crippen molar-refractivity contribution in [1.29, 1.82) is 0 Å². The van der Waals surface area contributed by atoms with E-state index in [-0.39, 0.29) is 32.9 Å². The number of benzene rings is 2. The third-order valence-electron chi connectivity index (χ3n) is 4.70. The maximum Gasteiger partial charge on any atom is 0.348 e. The van der Waals surface area contributed by atoms with E-state index in [0.717, 1.165) is 28.2 Å². The fourth-order valence-corrected chi connectivity index (χ4v) is 6.97. The molecular formula is C24H26Cl2NO4PS. The third kappa shape index (κ3) is 6.40. The normalized spacial score (nSPS) is 13.5. The number of carboxylic acid groups (broad SMARTS) is 1. The summed E-state index contributed by atoms with van der Waals surface area (Å²) in [6.07, 6.45) is 0.935. The molecule has 0 aliphatic heterocycles. The zero-order valence-electron chi connectivity index (χ0n) is 18.8. The van der Waals surface area contributed by atoms with Gasteiger partial charge in [-0.15, -0.1) is 11.3 Å². The van der Waals surface area contributed by atoms with Gasteiger partial charge in [0.15, 0.2) is 0 Å². The van der Waals surface area contributed by atoms with Gasteiger partial charge in [-0.1, -0.05) is 68.2 Å². The molecule has 1 heterocycles. The number of rotatable bonds is 8. The molecule has 0 spiro atoms. The van der Waals surface area contributed by atoms with Gasteiger partial charge < -0.3 is 14.7 Å². The molecule has 1 atom stereocenters. The molecule has 2 N–H and O–H groups in total. The Morgan fingerprint density at radius 2 is 1.79 bits per heavy atom. The first-order valence-corrected chi connectivity index (χ1v) is 13.6. The number of carboxylic acids is 1. The Hall–Kier alpha value is -1.82. The first kappa shape index (κ1) is 25.8. The van der Waals surface area contributed by atoms with Crippen molar-refractivity contribution in [3.05, 3.63) is 69.0 Å². The zero-order valence-corrected chi connectivity index (χ0v) is 22.0. The van der Waals surface area contributed by atoms with E-state index in [9.17, 15) is 14.5 Å². The molecule has 0 saturated heterocycles. The Morgan fingerprint density at radius 3 is 2.33 bits per heavy atom. The van der Waals surface area contributed by atoms with Crippen molar-refractivity contribution in [2.24, 2.45) is 5.41 Å². The van der Waals surface area contributed by atoms with Crippen molar-refractivity contribution in [2.45, 2.75) is 34.1 Å². The Balaban J connectivity index is 1.99. The maximum atomic E-state index is 13.8. The number of anilines is 1. The van der Waals surface area contributed by atoms with Gasteiger partial charge in [-0.25, -0.2) is 4.79 Å². The maximum absolute atomic E-state index is 13.8. The molecule has 1 aromatic heterocycles. The van der Waals surface area contributed by atoms with Crippen LogP contribution in [0.25, 0.3) is 10.4 Å². The van der Waals surface area contributed by atoms with Gasteiger partial charge in [-0.3, -0.25) is 4.57 Å². The molecule has 2 aromatic carbocycles. The van der Waals surface area contributed by atoms with Gasteiger partial charge in [0.25, 0.3) is 0 Å². The van der Waals surface area contributed by atoms with Crippen LogP contribution in [-0.4, -0.2) is 17.7 Å². The van der Waals surface area contributed by atoms with E-state index in [0.29, 0.717) is 5.02 Å². The largest absolute Gasteiger partial charge is 0.477 e. The molecule has 9 heteroatoms. The molecule has 0 saturated carbocycles. The number of thiophene rings is 1. The third-order valence-corrected chi connectivity index (χ3v) is 8.74. The van der Waals surface area contributed by atoms with Crippen LogP contribution in [0.1, 0.15) is 42.9 Å². The van der Waals surface area contributed by atoms with Crippen LogP contribution in [0.15, 0.2) is 48.5 Å². The monoisotopic (exact) mass is 525 g/mol. The summed E-state index contributed by atoms with van der Waals surface area (Å²) in [5, 5.41) is 13.4. The Kier molecular flexibility index (Phi) is 7.98.